The molecule has 5 heteroatoms. The number of methoxy groups -OCH3 is 1. The smallest absolute Gasteiger partial charge is 0.339 e. The lowest BCUT2D eigenvalue weighted by atomic mass is 9.82. The van der Waals surface area contributed by atoms with Crippen LogP contribution in [0.5, 0.6) is 5.75 Å². The third-order valence-electron chi connectivity index (χ3n) is 4.09. The van der Waals surface area contributed by atoms with Crippen molar-refractivity contribution in [2.75, 3.05) is 12.4 Å². The molecule has 0 aliphatic heterocycles. The fourth-order valence-corrected chi connectivity index (χ4v) is 2.71. The van der Waals surface area contributed by atoms with E-state index < -0.39 is 5.97 Å². The molecular formula is C16H21NO4. The Kier molecular flexibility index (Phi) is 4.83. The maximum atomic E-state index is 12.2. The van der Waals surface area contributed by atoms with E-state index in [0.717, 1.165) is 25.7 Å². The number of ether oxygens (including phenoxy) is 1. The molecule has 1 aromatic rings. The second-order valence-electron chi connectivity index (χ2n) is 5.67. The number of anilines is 1. The van der Waals surface area contributed by atoms with Gasteiger partial charge in [0.15, 0.2) is 0 Å². The summed E-state index contributed by atoms with van der Waals surface area (Å²) in [4.78, 5) is 23.2. The molecule has 0 heterocycles. The zero-order valence-corrected chi connectivity index (χ0v) is 12.4. The molecule has 1 amide bonds. The number of carboxylic acids is 1. The first-order valence-electron chi connectivity index (χ1n) is 7.23. The second-order valence-corrected chi connectivity index (χ2v) is 5.67. The van der Waals surface area contributed by atoms with Gasteiger partial charge in [0.1, 0.15) is 11.3 Å². The van der Waals surface area contributed by atoms with E-state index in [1.807, 2.05) is 0 Å². The number of carbonyl (C=O) groups is 2. The van der Waals surface area contributed by atoms with E-state index >= 15 is 0 Å². The Bertz CT molecular complexity index is 533. The molecule has 0 aromatic heterocycles. The van der Waals surface area contributed by atoms with Crippen LogP contribution >= 0.6 is 0 Å². The van der Waals surface area contributed by atoms with Crippen LogP contribution in [0.1, 0.15) is 43.0 Å². The van der Waals surface area contributed by atoms with Gasteiger partial charge in [-0.25, -0.2) is 4.79 Å². The highest BCUT2D eigenvalue weighted by Crippen LogP contribution is 2.30. The summed E-state index contributed by atoms with van der Waals surface area (Å²) in [6, 6.07) is 4.59. The maximum absolute atomic E-state index is 12.2. The van der Waals surface area contributed by atoms with E-state index in [1.54, 1.807) is 12.1 Å². The molecule has 1 aliphatic carbocycles. The molecule has 21 heavy (non-hydrogen) atoms. The molecule has 0 bridgehead atoms. The van der Waals surface area contributed by atoms with Crippen molar-refractivity contribution in [2.24, 2.45) is 11.8 Å². The predicted octanol–water partition coefficient (Wildman–Crippen LogP) is 3.16. The molecule has 0 saturated heterocycles. The van der Waals surface area contributed by atoms with Crippen molar-refractivity contribution in [3.05, 3.63) is 23.8 Å². The monoisotopic (exact) mass is 291 g/mol. The highest BCUT2D eigenvalue weighted by atomic mass is 16.5. The summed E-state index contributed by atoms with van der Waals surface area (Å²) < 4.78 is 5.06. The number of amides is 1. The molecule has 0 spiro atoms. The first-order valence-corrected chi connectivity index (χ1v) is 7.23. The molecule has 0 atom stereocenters. The highest BCUT2D eigenvalue weighted by Gasteiger charge is 2.24. The molecule has 0 radical (unpaired) electrons. The van der Waals surface area contributed by atoms with Crippen molar-refractivity contribution in [3.63, 3.8) is 0 Å². The fraction of sp³-hybridized carbons (Fsp3) is 0.500. The number of hydrogen-bond acceptors (Lipinski definition) is 3. The van der Waals surface area contributed by atoms with Crippen LogP contribution < -0.4 is 10.1 Å². The fourth-order valence-electron chi connectivity index (χ4n) is 2.71. The van der Waals surface area contributed by atoms with E-state index in [0.29, 0.717) is 11.6 Å². The lowest BCUT2D eigenvalue weighted by molar-refractivity contribution is -0.121. The minimum Gasteiger partial charge on any atom is -0.496 e. The summed E-state index contributed by atoms with van der Waals surface area (Å²) in [5.41, 5.74) is 0.655. The van der Waals surface area contributed by atoms with Gasteiger partial charge in [0, 0.05) is 17.7 Å². The summed E-state index contributed by atoms with van der Waals surface area (Å²) in [5.74, 6) is -0.0501. The second kappa shape index (κ2) is 6.61. The Morgan fingerprint density at radius 1 is 1.24 bits per heavy atom. The standard InChI is InChI=1S/C16H21NO4/c1-10-3-5-11(6-4-10)15(18)17-12-7-8-13(16(19)20)14(9-12)21-2/h7-11H,3-6H2,1-2H3,(H,17,18)(H,19,20). The summed E-state index contributed by atoms with van der Waals surface area (Å²) in [5, 5.41) is 11.9. The van der Waals surface area contributed by atoms with Crippen LogP contribution in [0.25, 0.3) is 0 Å². The SMILES string of the molecule is COc1cc(NC(=O)C2CCC(C)CC2)ccc1C(=O)O. The topological polar surface area (TPSA) is 75.6 Å². The first-order chi connectivity index (χ1) is 10.0. The normalized spacial score (nSPS) is 21.6. The zero-order valence-electron chi connectivity index (χ0n) is 12.4. The molecule has 1 fully saturated rings. The summed E-state index contributed by atoms with van der Waals surface area (Å²) in [6.45, 7) is 2.21. The average molecular weight is 291 g/mol. The van der Waals surface area contributed by atoms with Crippen LogP contribution in [0.3, 0.4) is 0 Å². The van der Waals surface area contributed by atoms with Crippen molar-refractivity contribution < 1.29 is 19.4 Å². The molecular weight excluding hydrogens is 270 g/mol. The molecule has 1 aliphatic rings. The first kappa shape index (κ1) is 15.4. The van der Waals surface area contributed by atoms with Crippen molar-refractivity contribution >= 4 is 17.6 Å². The van der Waals surface area contributed by atoms with Gasteiger partial charge < -0.3 is 15.2 Å². The molecule has 2 rings (SSSR count). The Morgan fingerprint density at radius 3 is 2.48 bits per heavy atom. The minimum atomic E-state index is -1.05. The third-order valence-corrected chi connectivity index (χ3v) is 4.09. The number of aromatic carboxylic acids is 1. The van der Waals surface area contributed by atoms with Gasteiger partial charge in [-0.2, -0.15) is 0 Å². The molecule has 0 unspecified atom stereocenters. The van der Waals surface area contributed by atoms with E-state index in [2.05, 4.69) is 12.2 Å². The van der Waals surface area contributed by atoms with Crippen LogP contribution in [0, 0.1) is 11.8 Å². The number of carboxylic acid groups (broad SMARTS) is 1. The summed E-state index contributed by atoms with van der Waals surface area (Å²) in [7, 11) is 1.41. The molecule has 2 N–H and O–H groups in total. The number of hydrogen-bond donors (Lipinski definition) is 2. The van der Waals surface area contributed by atoms with Crippen molar-refractivity contribution in [2.45, 2.75) is 32.6 Å². The van der Waals surface area contributed by atoms with Crippen LogP contribution in [0.15, 0.2) is 18.2 Å². The van der Waals surface area contributed by atoms with E-state index in [4.69, 9.17) is 9.84 Å². The molecule has 114 valence electrons. The van der Waals surface area contributed by atoms with Crippen molar-refractivity contribution in [1.29, 1.82) is 0 Å². The van der Waals surface area contributed by atoms with Gasteiger partial charge in [-0.05, 0) is 43.7 Å². The number of nitrogens with one attached hydrogen (secondary N) is 1. The van der Waals surface area contributed by atoms with Gasteiger partial charge in [0.2, 0.25) is 5.91 Å². The van der Waals surface area contributed by atoms with Gasteiger partial charge >= 0.3 is 5.97 Å². The Balaban J connectivity index is 2.05. The highest BCUT2D eigenvalue weighted by molar-refractivity contribution is 5.95. The third kappa shape index (κ3) is 3.74. The number of rotatable bonds is 4. The molecule has 1 saturated carbocycles. The Morgan fingerprint density at radius 2 is 1.90 bits per heavy atom. The lowest BCUT2D eigenvalue weighted by Crippen LogP contribution is -2.26. The number of carbonyl (C=O) groups excluding carboxylic acids is 1. The molecule has 5 nitrogen and oxygen atoms in total. The van der Waals surface area contributed by atoms with E-state index in [-0.39, 0.29) is 23.1 Å². The Hall–Kier alpha value is -2.04. The van der Waals surface area contributed by atoms with Gasteiger partial charge in [-0.15, -0.1) is 0 Å². The lowest BCUT2D eigenvalue weighted by Gasteiger charge is -2.25. The van der Waals surface area contributed by atoms with Gasteiger partial charge in [0.05, 0.1) is 7.11 Å². The van der Waals surface area contributed by atoms with Crippen molar-refractivity contribution in [1.82, 2.24) is 0 Å². The van der Waals surface area contributed by atoms with Crippen LogP contribution in [0.4, 0.5) is 5.69 Å². The van der Waals surface area contributed by atoms with Crippen LogP contribution in [0.2, 0.25) is 0 Å². The quantitative estimate of drug-likeness (QED) is 0.893. The largest absolute Gasteiger partial charge is 0.496 e. The average Bonchev–Trinajstić information content (AvgIpc) is 2.47. The Labute approximate surface area is 124 Å². The van der Waals surface area contributed by atoms with Gasteiger partial charge in [0.25, 0.3) is 0 Å². The minimum absolute atomic E-state index is 0.00651. The summed E-state index contributed by atoms with van der Waals surface area (Å²) >= 11 is 0. The van der Waals surface area contributed by atoms with Gasteiger partial charge in [-0.3, -0.25) is 4.79 Å². The zero-order chi connectivity index (χ0) is 15.4. The van der Waals surface area contributed by atoms with Crippen LogP contribution in [-0.4, -0.2) is 24.1 Å². The van der Waals surface area contributed by atoms with Crippen LogP contribution in [-0.2, 0) is 4.79 Å². The predicted molar refractivity (Wildman–Crippen MR) is 79.7 cm³/mol. The van der Waals surface area contributed by atoms with E-state index in [9.17, 15) is 9.59 Å². The number of benzene rings is 1. The van der Waals surface area contributed by atoms with E-state index in [1.165, 1.54) is 13.2 Å². The van der Waals surface area contributed by atoms with Crippen molar-refractivity contribution in [3.8, 4) is 5.75 Å². The maximum Gasteiger partial charge on any atom is 0.339 e. The summed E-state index contributed by atoms with van der Waals surface area (Å²) in [6.07, 6.45) is 3.99. The molecule has 1 aromatic carbocycles. The van der Waals surface area contributed by atoms with Gasteiger partial charge in [-0.1, -0.05) is 6.92 Å².